The first kappa shape index (κ1) is 15.4. The highest BCUT2D eigenvalue weighted by molar-refractivity contribution is 7.90. The number of carbonyl (C=O) groups is 1. The summed E-state index contributed by atoms with van der Waals surface area (Å²) in [5, 5.41) is 2.75. The van der Waals surface area contributed by atoms with Crippen LogP contribution >= 0.6 is 12.2 Å². The summed E-state index contributed by atoms with van der Waals surface area (Å²) >= 11 is 5.00. The van der Waals surface area contributed by atoms with Gasteiger partial charge in [-0.15, -0.1) is 0 Å². The molecule has 0 heterocycles. The zero-order chi connectivity index (χ0) is 13.8. The van der Waals surface area contributed by atoms with Gasteiger partial charge in [-0.3, -0.25) is 4.79 Å². The third-order valence-electron chi connectivity index (χ3n) is 3.34. The van der Waals surface area contributed by atoms with Crippen LogP contribution in [0.1, 0.15) is 32.1 Å². The second kappa shape index (κ2) is 5.97. The van der Waals surface area contributed by atoms with Gasteiger partial charge in [0, 0.05) is 12.8 Å². The maximum atomic E-state index is 12.1. The van der Waals surface area contributed by atoms with Crippen LogP contribution in [0.25, 0.3) is 0 Å². The second-order valence-electron chi connectivity index (χ2n) is 4.89. The molecule has 1 saturated carbocycles. The maximum absolute atomic E-state index is 12.1. The molecule has 3 N–H and O–H groups in total. The first-order valence-corrected chi connectivity index (χ1v) is 8.51. The van der Waals surface area contributed by atoms with Gasteiger partial charge < -0.3 is 11.1 Å². The predicted molar refractivity (Wildman–Crippen MR) is 75.0 cm³/mol. The quantitative estimate of drug-likeness (QED) is 0.546. The lowest BCUT2D eigenvalue weighted by Crippen LogP contribution is -2.47. The summed E-state index contributed by atoms with van der Waals surface area (Å²) in [6.07, 6.45) is 4.89. The molecule has 1 fully saturated rings. The van der Waals surface area contributed by atoms with Gasteiger partial charge in [0.05, 0.1) is 16.2 Å². The number of carbonyl (C=O) groups excluding carboxylic acids is 1. The minimum Gasteiger partial charge on any atom is -0.392 e. The van der Waals surface area contributed by atoms with Gasteiger partial charge in [0.25, 0.3) is 0 Å². The summed E-state index contributed by atoms with van der Waals surface area (Å²) < 4.78 is 21.9. The third-order valence-corrected chi connectivity index (χ3v) is 4.76. The van der Waals surface area contributed by atoms with Crippen LogP contribution in [0.4, 0.5) is 0 Å². The molecular formula is C11H20N2O3S2. The molecule has 1 rings (SSSR count). The molecule has 0 atom stereocenters. The molecule has 0 bridgehead atoms. The van der Waals surface area contributed by atoms with Crippen molar-refractivity contribution in [3.05, 3.63) is 0 Å². The molecular weight excluding hydrogens is 272 g/mol. The van der Waals surface area contributed by atoms with E-state index in [1.165, 1.54) is 6.26 Å². The highest BCUT2D eigenvalue weighted by atomic mass is 32.2. The van der Waals surface area contributed by atoms with Crippen LogP contribution in [0.5, 0.6) is 0 Å². The van der Waals surface area contributed by atoms with Gasteiger partial charge in [0.2, 0.25) is 5.91 Å². The van der Waals surface area contributed by atoms with Crippen LogP contribution in [-0.4, -0.2) is 37.9 Å². The van der Waals surface area contributed by atoms with E-state index in [9.17, 15) is 13.2 Å². The van der Waals surface area contributed by atoms with Gasteiger partial charge >= 0.3 is 0 Å². The number of thiocarbonyl (C=S) groups is 1. The van der Waals surface area contributed by atoms with E-state index in [4.69, 9.17) is 18.0 Å². The largest absolute Gasteiger partial charge is 0.392 e. The van der Waals surface area contributed by atoms with Gasteiger partial charge in [-0.05, 0) is 19.3 Å². The molecule has 1 aliphatic carbocycles. The van der Waals surface area contributed by atoms with Crippen molar-refractivity contribution in [3.8, 4) is 0 Å². The predicted octanol–water partition coefficient (Wildman–Crippen LogP) is 0.384. The molecule has 0 aromatic carbocycles. The average molecular weight is 292 g/mol. The molecule has 7 heteroatoms. The van der Waals surface area contributed by atoms with Crippen molar-refractivity contribution in [3.63, 3.8) is 0 Å². The van der Waals surface area contributed by atoms with Crippen LogP contribution in [-0.2, 0) is 14.6 Å². The Kier molecular flexibility index (Phi) is 5.10. The van der Waals surface area contributed by atoms with Crippen molar-refractivity contribution in [1.29, 1.82) is 0 Å². The van der Waals surface area contributed by atoms with E-state index in [-0.39, 0.29) is 16.6 Å². The zero-order valence-electron chi connectivity index (χ0n) is 10.6. The fraction of sp³-hybridized carbons (Fsp3) is 0.818. The van der Waals surface area contributed by atoms with Crippen molar-refractivity contribution < 1.29 is 13.2 Å². The highest BCUT2D eigenvalue weighted by Gasteiger charge is 2.43. The smallest absolute Gasteiger partial charge is 0.233 e. The van der Waals surface area contributed by atoms with Gasteiger partial charge in [0.1, 0.15) is 9.84 Å². The SMILES string of the molecule is CS(=O)(=O)CCCNC(=O)C1(C(N)=S)CCCC1. The number of hydrogen-bond acceptors (Lipinski definition) is 4. The molecule has 18 heavy (non-hydrogen) atoms. The Morgan fingerprint density at radius 2 is 1.94 bits per heavy atom. The number of nitrogens with two attached hydrogens (primary N) is 1. The lowest BCUT2D eigenvalue weighted by molar-refractivity contribution is -0.127. The highest BCUT2D eigenvalue weighted by Crippen LogP contribution is 2.38. The van der Waals surface area contributed by atoms with Gasteiger partial charge in [-0.1, -0.05) is 25.1 Å². The maximum Gasteiger partial charge on any atom is 0.233 e. The summed E-state index contributed by atoms with van der Waals surface area (Å²) in [4.78, 5) is 12.4. The molecule has 0 aromatic rings. The van der Waals surface area contributed by atoms with Gasteiger partial charge in [-0.2, -0.15) is 0 Å². The molecule has 104 valence electrons. The number of rotatable bonds is 6. The summed E-state index contributed by atoms with van der Waals surface area (Å²) in [6.45, 7) is 0.344. The van der Waals surface area contributed by atoms with Crippen molar-refractivity contribution >= 4 is 33.0 Å². The Labute approximate surface area is 113 Å². The van der Waals surface area contributed by atoms with E-state index in [0.717, 1.165) is 12.8 Å². The minimum absolute atomic E-state index is 0.0767. The summed E-state index contributed by atoms with van der Waals surface area (Å²) in [6, 6.07) is 0. The van der Waals surface area contributed by atoms with E-state index in [2.05, 4.69) is 5.32 Å². The van der Waals surface area contributed by atoms with Gasteiger partial charge in [0.15, 0.2) is 0 Å². The third kappa shape index (κ3) is 3.91. The van der Waals surface area contributed by atoms with Crippen molar-refractivity contribution in [2.45, 2.75) is 32.1 Å². The summed E-state index contributed by atoms with van der Waals surface area (Å²) in [5.74, 6) is -0.0751. The van der Waals surface area contributed by atoms with E-state index in [1.54, 1.807) is 0 Å². The standard InChI is InChI=1S/C11H20N2O3S2/c1-18(15,16)8-4-7-13-10(14)11(9(12)17)5-2-3-6-11/h2-8H2,1H3,(H2,12,17)(H,13,14). The number of sulfone groups is 1. The van der Waals surface area contributed by atoms with Crippen LogP contribution < -0.4 is 11.1 Å². The average Bonchev–Trinajstić information content (AvgIpc) is 2.72. The van der Waals surface area contributed by atoms with Crippen LogP contribution in [0.2, 0.25) is 0 Å². The molecule has 1 amide bonds. The Hall–Kier alpha value is -0.690. The molecule has 0 radical (unpaired) electrons. The number of hydrogen-bond donors (Lipinski definition) is 2. The Morgan fingerprint density at radius 3 is 2.39 bits per heavy atom. The molecule has 1 aliphatic rings. The molecule has 5 nitrogen and oxygen atoms in total. The lowest BCUT2D eigenvalue weighted by atomic mass is 9.85. The van der Waals surface area contributed by atoms with E-state index in [1.807, 2.05) is 0 Å². The molecule has 0 unspecified atom stereocenters. The second-order valence-corrected chi connectivity index (χ2v) is 7.59. The Balaban J connectivity index is 2.47. The zero-order valence-corrected chi connectivity index (χ0v) is 12.2. The molecule has 0 spiro atoms. The van der Waals surface area contributed by atoms with E-state index >= 15 is 0 Å². The number of nitrogens with one attached hydrogen (secondary N) is 1. The van der Waals surface area contributed by atoms with Crippen LogP contribution in [0.3, 0.4) is 0 Å². The normalized spacial score (nSPS) is 18.5. The first-order chi connectivity index (χ1) is 8.28. The fourth-order valence-electron chi connectivity index (χ4n) is 2.27. The summed E-state index contributed by atoms with van der Waals surface area (Å²) in [7, 11) is -2.97. The van der Waals surface area contributed by atoms with Gasteiger partial charge in [-0.25, -0.2) is 8.42 Å². The molecule has 0 aliphatic heterocycles. The molecule has 0 aromatic heterocycles. The fourth-order valence-corrected chi connectivity index (χ4v) is 3.23. The lowest BCUT2D eigenvalue weighted by Gasteiger charge is -2.26. The molecule has 0 saturated heterocycles. The van der Waals surface area contributed by atoms with Crippen molar-refractivity contribution in [1.82, 2.24) is 5.32 Å². The van der Waals surface area contributed by atoms with Crippen LogP contribution in [0, 0.1) is 5.41 Å². The Bertz CT molecular complexity index is 426. The summed E-state index contributed by atoms with van der Waals surface area (Å²) in [5.41, 5.74) is 4.97. The van der Waals surface area contributed by atoms with E-state index in [0.29, 0.717) is 25.8 Å². The first-order valence-electron chi connectivity index (χ1n) is 6.04. The topological polar surface area (TPSA) is 89.3 Å². The van der Waals surface area contributed by atoms with Crippen molar-refractivity contribution in [2.24, 2.45) is 11.1 Å². The van der Waals surface area contributed by atoms with E-state index < -0.39 is 15.3 Å². The van der Waals surface area contributed by atoms with Crippen molar-refractivity contribution in [2.75, 3.05) is 18.6 Å². The number of amides is 1. The minimum atomic E-state index is -2.97. The monoisotopic (exact) mass is 292 g/mol. The Morgan fingerprint density at radius 1 is 1.39 bits per heavy atom. The van der Waals surface area contributed by atoms with Crippen LogP contribution in [0.15, 0.2) is 0 Å².